The molecule has 1 saturated heterocycles. The van der Waals surface area contributed by atoms with Gasteiger partial charge in [-0.15, -0.1) is 12.4 Å². The highest BCUT2D eigenvalue weighted by molar-refractivity contribution is 5.90. The second-order valence-electron chi connectivity index (χ2n) is 7.59. The minimum Gasteiger partial charge on any atom is -0.459 e. The van der Waals surface area contributed by atoms with Crippen molar-refractivity contribution >= 4 is 18.4 Å². The van der Waals surface area contributed by atoms with E-state index < -0.39 is 5.41 Å². The van der Waals surface area contributed by atoms with Crippen LogP contribution in [-0.2, 0) is 21.5 Å². The minimum absolute atomic E-state index is 0. The summed E-state index contributed by atoms with van der Waals surface area (Å²) >= 11 is 0. The molecule has 4 nitrogen and oxygen atoms in total. The lowest BCUT2D eigenvalue weighted by molar-refractivity contribution is -0.145. The number of ether oxygens (including phenoxy) is 1. The number of cyclic esters (lactones) is 1. The third-order valence-electron chi connectivity index (χ3n) is 6.18. The van der Waals surface area contributed by atoms with Crippen molar-refractivity contribution < 1.29 is 9.53 Å². The van der Waals surface area contributed by atoms with Gasteiger partial charge in [0.2, 0.25) is 0 Å². The number of aryl methyl sites for hydroxylation is 1. The molecule has 0 amide bonds. The van der Waals surface area contributed by atoms with E-state index in [2.05, 4.69) is 25.9 Å². The summed E-state index contributed by atoms with van der Waals surface area (Å²) in [6.45, 7) is 6.82. The van der Waals surface area contributed by atoms with Crippen LogP contribution < -0.4 is 0 Å². The van der Waals surface area contributed by atoms with Crippen molar-refractivity contribution in [3.8, 4) is 0 Å². The van der Waals surface area contributed by atoms with E-state index in [1.54, 1.807) is 0 Å². The first-order valence-electron chi connectivity index (χ1n) is 9.90. The summed E-state index contributed by atoms with van der Waals surface area (Å²) in [5.74, 6) is -0.142. The largest absolute Gasteiger partial charge is 0.459 e. The Morgan fingerprint density at radius 3 is 2.00 bits per heavy atom. The van der Waals surface area contributed by atoms with Gasteiger partial charge in [0.05, 0.1) is 12.7 Å². The molecule has 2 aromatic carbocycles. The Kier molecular flexibility index (Phi) is 6.13. The standard InChI is InChI=1S/C24H26N2O2.ClH/c1-4-21-22(16-26-18(3)17(2)15-25-26)28-23(27)24(21,19-11-7-5-8-12-19)20-13-9-6-10-14-20;/h5-15,21-22H,4,16H2,1-3H3;1H. The average Bonchev–Trinajstić information content (AvgIpc) is 3.20. The van der Waals surface area contributed by atoms with Crippen LogP contribution in [0.25, 0.3) is 0 Å². The smallest absolute Gasteiger partial charge is 0.321 e. The van der Waals surface area contributed by atoms with Gasteiger partial charge in [-0.2, -0.15) is 5.10 Å². The Morgan fingerprint density at radius 1 is 1.00 bits per heavy atom. The molecule has 1 fully saturated rings. The summed E-state index contributed by atoms with van der Waals surface area (Å²) < 4.78 is 8.02. The summed E-state index contributed by atoms with van der Waals surface area (Å²) in [5.41, 5.74) is 3.46. The fourth-order valence-corrected chi connectivity index (χ4v) is 4.60. The third-order valence-corrected chi connectivity index (χ3v) is 6.18. The van der Waals surface area contributed by atoms with Crippen molar-refractivity contribution in [3.63, 3.8) is 0 Å². The van der Waals surface area contributed by atoms with Crippen molar-refractivity contribution in [2.45, 2.75) is 45.3 Å². The van der Waals surface area contributed by atoms with Crippen LogP contribution in [0, 0.1) is 19.8 Å². The average molecular weight is 411 g/mol. The van der Waals surface area contributed by atoms with Crippen LogP contribution in [0.5, 0.6) is 0 Å². The number of hydrogen-bond donors (Lipinski definition) is 0. The molecule has 2 heterocycles. The summed E-state index contributed by atoms with van der Waals surface area (Å²) in [6.07, 6.45) is 2.48. The molecular weight excluding hydrogens is 384 g/mol. The van der Waals surface area contributed by atoms with Crippen LogP contribution in [-0.4, -0.2) is 21.9 Å². The van der Waals surface area contributed by atoms with Crippen LogP contribution in [0.15, 0.2) is 66.9 Å². The molecule has 2 unspecified atom stereocenters. The summed E-state index contributed by atoms with van der Waals surface area (Å²) in [5, 5.41) is 4.49. The van der Waals surface area contributed by atoms with Crippen LogP contribution in [0.2, 0.25) is 0 Å². The molecule has 0 N–H and O–H groups in total. The van der Waals surface area contributed by atoms with E-state index in [4.69, 9.17) is 4.74 Å². The Balaban J connectivity index is 0.00000240. The zero-order chi connectivity index (χ0) is 19.7. The van der Waals surface area contributed by atoms with E-state index in [0.29, 0.717) is 6.54 Å². The molecule has 29 heavy (non-hydrogen) atoms. The predicted octanol–water partition coefficient (Wildman–Crippen LogP) is 4.86. The van der Waals surface area contributed by atoms with Gasteiger partial charge < -0.3 is 4.74 Å². The van der Waals surface area contributed by atoms with Crippen LogP contribution in [0.3, 0.4) is 0 Å². The topological polar surface area (TPSA) is 44.1 Å². The first kappa shape index (κ1) is 21.1. The van der Waals surface area contributed by atoms with Gasteiger partial charge in [0.15, 0.2) is 0 Å². The quantitative estimate of drug-likeness (QED) is 0.564. The molecule has 0 spiro atoms. The van der Waals surface area contributed by atoms with E-state index in [-0.39, 0.29) is 30.4 Å². The molecule has 0 radical (unpaired) electrons. The number of rotatable bonds is 5. The zero-order valence-corrected chi connectivity index (χ0v) is 17.9. The summed E-state index contributed by atoms with van der Waals surface area (Å²) in [4.78, 5) is 13.5. The molecule has 0 saturated carbocycles. The van der Waals surface area contributed by atoms with Crippen molar-refractivity contribution in [2.24, 2.45) is 5.92 Å². The van der Waals surface area contributed by atoms with Crippen molar-refractivity contribution in [1.82, 2.24) is 9.78 Å². The number of halogens is 1. The maximum atomic E-state index is 13.5. The first-order valence-corrected chi connectivity index (χ1v) is 9.90. The Morgan fingerprint density at radius 2 is 1.55 bits per heavy atom. The molecule has 5 heteroatoms. The van der Waals surface area contributed by atoms with Gasteiger partial charge in [-0.1, -0.05) is 67.6 Å². The maximum Gasteiger partial charge on any atom is 0.321 e. The lowest BCUT2D eigenvalue weighted by Gasteiger charge is -2.33. The molecule has 4 rings (SSSR count). The monoisotopic (exact) mass is 410 g/mol. The van der Waals surface area contributed by atoms with Crippen LogP contribution >= 0.6 is 12.4 Å². The molecule has 0 aliphatic carbocycles. The lowest BCUT2D eigenvalue weighted by atomic mass is 9.64. The SMILES string of the molecule is CCC1C(Cn2ncc(C)c2C)OC(=O)C1(c1ccccc1)c1ccccc1.Cl. The summed E-state index contributed by atoms with van der Waals surface area (Å²) in [6, 6.07) is 20.1. The number of esters is 1. The lowest BCUT2D eigenvalue weighted by Crippen LogP contribution is -2.41. The van der Waals surface area contributed by atoms with Crippen LogP contribution in [0.1, 0.15) is 35.7 Å². The second kappa shape index (κ2) is 8.42. The number of carbonyl (C=O) groups excluding carboxylic acids is 1. The van der Waals surface area contributed by atoms with Crippen molar-refractivity contribution in [2.75, 3.05) is 0 Å². The number of hydrogen-bond acceptors (Lipinski definition) is 3. The minimum atomic E-state index is -0.794. The number of benzene rings is 2. The zero-order valence-electron chi connectivity index (χ0n) is 17.0. The first-order chi connectivity index (χ1) is 13.6. The van der Waals surface area contributed by atoms with E-state index >= 15 is 0 Å². The van der Waals surface area contributed by atoms with Crippen LogP contribution in [0.4, 0.5) is 0 Å². The van der Waals surface area contributed by atoms with Gasteiger partial charge in [-0.25, -0.2) is 0 Å². The van der Waals surface area contributed by atoms with Gasteiger partial charge >= 0.3 is 5.97 Å². The van der Waals surface area contributed by atoms with Crippen molar-refractivity contribution in [3.05, 3.63) is 89.2 Å². The number of nitrogens with zero attached hydrogens (tertiary/aromatic N) is 2. The van der Waals surface area contributed by atoms with E-state index in [1.807, 2.05) is 71.5 Å². The number of carbonyl (C=O) groups is 1. The number of aromatic nitrogens is 2. The molecule has 2 atom stereocenters. The highest BCUT2D eigenvalue weighted by atomic mass is 35.5. The molecule has 1 aliphatic heterocycles. The van der Waals surface area contributed by atoms with Gasteiger partial charge in [0, 0.05) is 11.6 Å². The van der Waals surface area contributed by atoms with E-state index in [9.17, 15) is 4.79 Å². The van der Waals surface area contributed by atoms with Gasteiger partial charge in [-0.05, 0) is 37.0 Å². The fourth-order valence-electron chi connectivity index (χ4n) is 4.60. The Bertz CT molecular complexity index is 930. The second-order valence-corrected chi connectivity index (χ2v) is 7.59. The molecule has 0 bridgehead atoms. The molecule has 1 aliphatic rings. The normalized spacial score (nSPS) is 20.2. The third kappa shape index (κ3) is 3.36. The van der Waals surface area contributed by atoms with Gasteiger partial charge in [0.1, 0.15) is 11.5 Å². The molecular formula is C24H27ClN2O2. The molecule has 1 aromatic heterocycles. The summed E-state index contributed by atoms with van der Waals surface area (Å²) in [7, 11) is 0. The molecule has 3 aromatic rings. The van der Waals surface area contributed by atoms with E-state index in [1.165, 1.54) is 0 Å². The highest BCUT2D eigenvalue weighted by Crippen LogP contribution is 2.49. The Hall–Kier alpha value is -2.59. The fraction of sp³-hybridized carbons (Fsp3) is 0.333. The van der Waals surface area contributed by atoms with Gasteiger partial charge in [-0.3, -0.25) is 9.48 Å². The maximum absolute atomic E-state index is 13.5. The van der Waals surface area contributed by atoms with E-state index in [0.717, 1.165) is 28.8 Å². The predicted molar refractivity (Wildman–Crippen MR) is 116 cm³/mol. The Labute approximate surface area is 178 Å². The highest BCUT2D eigenvalue weighted by Gasteiger charge is 2.58. The van der Waals surface area contributed by atoms with Crippen molar-refractivity contribution in [1.29, 1.82) is 0 Å². The van der Waals surface area contributed by atoms with Gasteiger partial charge in [0.25, 0.3) is 0 Å². The molecule has 152 valence electrons.